The van der Waals surface area contributed by atoms with E-state index in [0.29, 0.717) is 37.5 Å². The van der Waals surface area contributed by atoms with Crippen LogP contribution in [0.15, 0.2) is 73.4 Å². The van der Waals surface area contributed by atoms with Crippen LogP contribution < -0.4 is 15.6 Å². The van der Waals surface area contributed by atoms with E-state index in [0.717, 1.165) is 22.1 Å². The molecule has 0 aliphatic rings. The third-order valence-electron chi connectivity index (χ3n) is 6.00. The Labute approximate surface area is 242 Å². The zero-order valence-corrected chi connectivity index (χ0v) is 24.9. The maximum atomic E-state index is 13.3. The summed E-state index contributed by atoms with van der Waals surface area (Å²) in [4.78, 5) is 30.4. The van der Waals surface area contributed by atoms with Gasteiger partial charge in [0.05, 0.1) is 26.6 Å². The number of fused-ring (bicyclic) bond motifs is 1. The molecule has 1 amide bonds. The second-order valence-corrected chi connectivity index (χ2v) is 10.9. The van der Waals surface area contributed by atoms with E-state index in [2.05, 4.69) is 42.3 Å². The number of ether oxygens (including phenoxy) is 1. The number of nitrogens with zero attached hydrogens (tertiary/aromatic N) is 3. The van der Waals surface area contributed by atoms with Crippen LogP contribution in [0.25, 0.3) is 10.9 Å². The molecule has 4 aromatic rings. The van der Waals surface area contributed by atoms with Crippen LogP contribution >= 0.6 is 43.5 Å². The number of hydrogen-bond donors (Lipinski definition) is 1. The number of amides is 1. The molecule has 0 aliphatic heterocycles. The molecular weight excluding hydrogens is 636 g/mol. The first-order valence-electron chi connectivity index (χ1n) is 11.9. The van der Waals surface area contributed by atoms with Crippen molar-refractivity contribution < 1.29 is 9.53 Å². The molecule has 10 heteroatoms. The number of hydrogen-bond acceptors (Lipinski definition) is 5. The summed E-state index contributed by atoms with van der Waals surface area (Å²) in [5, 5.41) is 8.07. The first kappa shape index (κ1) is 28.0. The van der Waals surface area contributed by atoms with Crippen molar-refractivity contribution >= 4 is 72.2 Å². The highest BCUT2D eigenvalue weighted by atomic mass is 79.9. The highest BCUT2D eigenvalue weighted by Crippen LogP contribution is 2.34. The Balaban J connectivity index is 1.58. The van der Waals surface area contributed by atoms with Crippen LogP contribution in [0.4, 0.5) is 5.69 Å². The van der Waals surface area contributed by atoms with Crippen LogP contribution in [0.5, 0.6) is 5.75 Å². The zero-order valence-electron chi connectivity index (χ0n) is 21.0. The largest absolute Gasteiger partial charge is 0.481 e. The van der Waals surface area contributed by atoms with Crippen LogP contribution in [0, 0.1) is 6.92 Å². The molecule has 0 aliphatic carbocycles. The third-order valence-corrected chi connectivity index (χ3v) is 7.36. The number of anilines is 1. The molecule has 0 bridgehead atoms. The fraction of sp³-hybridized carbons (Fsp3) is 0.214. The number of rotatable bonds is 8. The average molecular weight is 661 g/mol. The molecular formula is C28H25Br2ClN4O3. The van der Waals surface area contributed by atoms with Crippen LogP contribution in [-0.4, -0.2) is 28.4 Å². The second kappa shape index (κ2) is 12.2. The van der Waals surface area contributed by atoms with Crippen molar-refractivity contribution in [3.63, 3.8) is 0 Å². The normalized spacial score (nSPS) is 12.2. The van der Waals surface area contributed by atoms with Gasteiger partial charge in [-0.05, 0) is 76.8 Å². The van der Waals surface area contributed by atoms with E-state index in [1.807, 2.05) is 57.2 Å². The lowest BCUT2D eigenvalue weighted by Gasteiger charge is -2.14. The van der Waals surface area contributed by atoms with Crippen molar-refractivity contribution in [2.45, 2.75) is 33.1 Å². The lowest BCUT2D eigenvalue weighted by atomic mass is 10.1. The lowest BCUT2D eigenvalue weighted by molar-refractivity contribution is -0.118. The molecule has 4 rings (SSSR count). The van der Waals surface area contributed by atoms with Gasteiger partial charge in [0.2, 0.25) is 0 Å². The van der Waals surface area contributed by atoms with Crippen molar-refractivity contribution in [3.8, 4) is 5.75 Å². The topological polar surface area (TPSA) is 85.6 Å². The molecule has 1 aromatic heterocycles. The first-order valence-corrected chi connectivity index (χ1v) is 13.9. The third kappa shape index (κ3) is 6.34. The van der Waals surface area contributed by atoms with Crippen molar-refractivity contribution in [2.75, 3.05) is 11.9 Å². The molecule has 1 heterocycles. The van der Waals surface area contributed by atoms with E-state index >= 15 is 0 Å². The molecule has 0 saturated heterocycles. The predicted molar refractivity (Wildman–Crippen MR) is 160 cm³/mol. The molecule has 1 N–H and O–H groups in total. The molecule has 1 atom stereocenters. The molecule has 7 nitrogen and oxygen atoms in total. The van der Waals surface area contributed by atoms with Crippen molar-refractivity contribution in [3.05, 3.63) is 95.9 Å². The molecule has 0 radical (unpaired) electrons. The molecule has 0 saturated carbocycles. The summed E-state index contributed by atoms with van der Waals surface area (Å²) in [6.07, 6.45) is 2.34. The van der Waals surface area contributed by atoms with Gasteiger partial charge in [-0.2, -0.15) is 9.78 Å². The van der Waals surface area contributed by atoms with Crippen molar-refractivity contribution in [1.29, 1.82) is 0 Å². The number of nitrogens with one attached hydrogen (secondary N) is 1. The van der Waals surface area contributed by atoms with E-state index in [4.69, 9.17) is 21.3 Å². The van der Waals surface area contributed by atoms with Crippen LogP contribution in [0.3, 0.4) is 0 Å². The van der Waals surface area contributed by atoms with Crippen LogP contribution in [0.1, 0.15) is 43.1 Å². The average Bonchev–Trinajstić information content (AvgIpc) is 2.88. The maximum Gasteiger partial charge on any atom is 0.282 e. The fourth-order valence-corrected chi connectivity index (χ4v) is 5.08. The SMILES string of the molecule is CC[C@@H](C)c1nc2ccc(Br)cc2c(=O)n1N=Cc1cc(Cl)c(OCC(=O)Nc2ccccc2C)c(Br)c1. The monoisotopic (exact) mass is 658 g/mol. The summed E-state index contributed by atoms with van der Waals surface area (Å²) in [6, 6.07) is 16.3. The molecule has 196 valence electrons. The van der Waals surface area contributed by atoms with Crippen molar-refractivity contribution in [2.24, 2.45) is 5.10 Å². The summed E-state index contributed by atoms with van der Waals surface area (Å²) >= 11 is 13.4. The highest BCUT2D eigenvalue weighted by molar-refractivity contribution is 9.10. The number of carbonyl (C=O) groups is 1. The number of aromatic nitrogens is 2. The van der Waals surface area contributed by atoms with Crippen LogP contribution in [0.2, 0.25) is 5.02 Å². The van der Waals surface area contributed by atoms with Gasteiger partial charge in [0.25, 0.3) is 11.5 Å². The van der Waals surface area contributed by atoms with Gasteiger partial charge in [-0.1, -0.05) is 59.6 Å². The number of para-hydroxylation sites is 1. The Morgan fingerprint density at radius 1 is 1.21 bits per heavy atom. The smallest absolute Gasteiger partial charge is 0.282 e. The number of aryl methyl sites for hydroxylation is 1. The van der Waals surface area contributed by atoms with Crippen LogP contribution in [-0.2, 0) is 4.79 Å². The van der Waals surface area contributed by atoms with Gasteiger partial charge in [-0.25, -0.2) is 4.98 Å². The summed E-state index contributed by atoms with van der Waals surface area (Å²) in [5.74, 6) is 0.622. The van der Waals surface area contributed by atoms with Gasteiger partial charge in [-0.3, -0.25) is 9.59 Å². The van der Waals surface area contributed by atoms with Gasteiger partial charge in [0.1, 0.15) is 5.82 Å². The van der Waals surface area contributed by atoms with Gasteiger partial charge < -0.3 is 10.1 Å². The van der Waals surface area contributed by atoms with E-state index in [1.165, 1.54) is 4.68 Å². The zero-order chi connectivity index (χ0) is 27.4. The molecule has 38 heavy (non-hydrogen) atoms. The number of carbonyl (C=O) groups excluding carboxylic acids is 1. The predicted octanol–water partition coefficient (Wildman–Crippen LogP) is 7.30. The van der Waals surface area contributed by atoms with E-state index in [1.54, 1.807) is 24.4 Å². The van der Waals surface area contributed by atoms with Gasteiger partial charge in [-0.15, -0.1) is 0 Å². The second-order valence-electron chi connectivity index (χ2n) is 8.77. The summed E-state index contributed by atoms with van der Waals surface area (Å²) < 4.78 is 8.37. The van der Waals surface area contributed by atoms with Crippen molar-refractivity contribution in [1.82, 2.24) is 9.66 Å². The Bertz CT molecular complexity index is 1580. The minimum absolute atomic E-state index is 0.0183. The fourth-order valence-electron chi connectivity index (χ4n) is 3.73. The van der Waals surface area contributed by atoms with E-state index < -0.39 is 0 Å². The molecule has 0 fully saturated rings. The quantitative estimate of drug-likeness (QED) is 0.201. The summed E-state index contributed by atoms with van der Waals surface area (Å²) in [7, 11) is 0. The molecule has 0 spiro atoms. The molecule has 3 aromatic carbocycles. The van der Waals surface area contributed by atoms with E-state index in [9.17, 15) is 9.59 Å². The summed E-state index contributed by atoms with van der Waals surface area (Å²) in [5.41, 5.74) is 2.68. The van der Waals surface area contributed by atoms with Gasteiger partial charge >= 0.3 is 0 Å². The Morgan fingerprint density at radius 2 is 1.97 bits per heavy atom. The Morgan fingerprint density at radius 3 is 2.68 bits per heavy atom. The first-order chi connectivity index (χ1) is 18.2. The Hall–Kier alpha value is -3.01. The standard InChI is InChI=1S/C28H25Br2ClN4O3/c1-4-16(2)27-34-24-10-9-19(29)13-20(24)28(37)35(27)32-14-18-11-21(30)26(22(31)12-18)38-15-25(36)33-23-8-6-5-7-17(23)3/h5-14,16H,4,15H2,1-3H3,(H,33,36)/t16-/m1/s1. The van der Waals surface area contributed by atoms with Gasteiger partial charge in [0.15, 0.2) is 12.4 Å². The minimum Gasteiger partial charge on any atom is -0.481 e. The minimum atomic E-state index is -0.305. The van der Waals surface area contributed by atoms with Gasteiger partial charge in [0, 0.05) is 16.1 Å². The molecule has 0 unspecified atom stereocenters. The summed E-state index contributed by atoms with van der Waals surface area (Å²) in [6.45, 7) is 5.74. The maximum absolute atomic E-state index is 13.3. The number of benzene rings is 3. The van der Waals surface area contributed by atoms with E-state index in [-0.39, 0.29) is 24.0 Å². The highest BCUT2D eigenvalue weighted by Gasteiger charge is 2.16. The lowest BCUT2D eigenvalue weighted by Crippen LogP contribution is -2.23. The Kier molecular flexibility index (Phi) is 9.02. The number of halogens is 3.